The van der Waals surface area contributed by atoms with E-state index in [0.29, 0.717) is 11.5 Å². The van der Waals surface area contributed by atoms with Crippen molar-refractivity contribution < 1.29 is 4.74 Å². The van der Waals surface area contributed by atoms with Gasteiger partial charge in [0.05, 0.1) is 13.2 Å². The van der Waals surface area contributed by atoms with Crippen molar-refractivity contribution in [3.8, 4) is 0 Å². The Hall–Kier alpha value is -0.970. The normalized spacial score (nSPS) is 23.0. The third-order valence-corrected chi connectivity index (χ3v) is 5.40. The second-order valence-electron chi connectivity index (χ2n) is 7.95. The standard InChI is InChI=1S/C11H16N2.C8H15NO/c1-9(2)13-6-4-10-3-5-12-7-11(10)8-13;1-7(2)9-3-8(4-9)5-10-6-8/h3,5,7,9H,4,6,8H2,1-2H3;7H,3-6H2,1-2H3. The number of fused-ring (bicyclic) bond motifs is 1. The fourth-order valence-corrected chi connectivity index (χ4v) is 3.60. The molecule has 4 nitrogen and oxygen atoms in total. The zero-order chi connectivity index (χ0) is 16.4. The van der Waals surface area contributed by atoms with Gasteiger partial charge in [0.2, 0.25) is 0 Å². The molecule has 0 saturated carbocycles. The van der Waals surface area contributed by atoms with E-state index in [-0.39, 0.29) is 0 Å². The Morgan fingerprint density at radius 1 is 1.04 bits per heavy atom. The fourth-order valence-electron chi connectivity index (χ4n) is 3.60. The lowest BCUT2D eigenvalue weighted by molar-refractivity contribution is -0.195. The molecule has 0 radical (unpaired) electrons. The maximum atomic E-state index is 5.18. The molecule has 0 aromatic carbocycles. The average molecular weight is 317 g/mol. The summed E-state index contributed by atoms with van der Waals surface area (Å²) in [6.07, 6.45) is 5.07. The Labute approximate surface area is 140 Å². The third-order valence-electron chi connectivity index (χ3n) is 5.40. The largest absolute Gasteiger partial charge is 0.380 e. The van der Waals surface area contributed by atoms with Crippen molar-refractivity contribution in [1.82, 2.24) is 14.8 Å². The van der Waals surface area contributed by atoms with Gasteiger partial charge < -0.3 is 4.74 Å². The number of nitrogens with zero attached hydrogens (tertiary/aromatic N) is 3. The van der Waals surface area contributed by atoms with Crippen LogP contribution in [0.4, 0.5) is 0 Å². The fraction of sp³-hybridized carbons (Fsp3) is 0.737. The minimum Gasteiger partial charge on any atom is -0.380 e. The van der Waals surface area contributed by atoms with Crippen LogP contribution in [0.15, 0.2) is 18.5 Å². The maximum absolute atomic E-state index is 5.18. The number of ether oxygens (including phenoxy) is 1. The molecule has 1 spiro atoms. The van der Waals surface area contributed by atoms with Crippen LogP contribution in [0.25, 0.3) is 0 Å². The highest BCUT2D eigenvalue weighted by atomic mass is 16.5. The molecule has 0 amide bonds. The van der Waals surface area contributed by atoms with Crippen molar-refractivity contribution in [2.24, 2.45) is 5.41 Å². The summed E-state index contributed by atoms with van der Waals surface area (Å²) in [5.74, 6) is 0. The van der Waals surface area contributed by atoms with Gasteiger partial charge in [-0.15, -0.1) is 0 Å². The number of aromatic nitrogens is 1. The molecule has 0 aliphatic carbocycles. The lowest BCUT2D eigenvalue weighted by Gasteiger charge is -2.56. The molecule has 4 heteroatoms. The molecule has 1 aromatic rings. The van der Waals surface area contributed by atoms with Gasteiger partial charge in [-0.3, -0.25) is 14.8 Å². The molecule has 0 atom stereocenters. The molecule has 4 heterocycles. The van der Waals surface area contributed by atoms with Gasteiger partial charge in [0, 0.05) is 56.1 Å². The van der Waals surface area contributed by atoms with Crippen LogP contribution in [0.3, 0.4) is 0 Å². The van der Waals surface area contributed by atoms with E-state index in [0.717, 1.165) is 25.8 Å². The van der Waals surface area contributed by atoms with E-state index in [9.17, 15) is 0 Å². The zero-order valence-corrected chi connectivity index (χ0v) is 15.1. The van der Waals surface area contributed by atoms with Gasteiger partial charge in [0.25, 0.3) is 0 Å². The summed E-state index contributed by atoms with van der Waals surface area (Å²) in [6, 6.07) is 3.52. The van der Waals surface area contributed by atoms with E-state index < -0.39 is 0 Å². The highest BCUT2D eigenvalue weighted by molar-refractivity contribution is 5.25. The summed E-state index contributed by atoms with van der Waals surface area (Å²) >= 11 is 0. The van der Waals surface area contributed by atoms with Crippen LogP contribution in [-0.2, 0) is 17.7 Å². The molecule has 3 aliphatic rings. The van der Waals surface area contributed by atoms with Crippen LogP contribution >= 0.6 is 0 Å². The quantitative estimate of drug-likeness (QED) is 0.838. The highest BCUT2D eigenvalue weighted by Gasteiger charge is 2.49. The van der Waals surface area contributed by atoms with Crippen molar-refractivity contribution in [3.05, 3.63) is 29.6 Å². The smallest absolute Gasteiger partial charge is 0.0569 e. The summed E-state index contributed by atoms with van der Waals surface area (Å²) < 4.78 is 5.18. The third kappa shape index (κ3) is 3.76. The molecular weight excluding hydrogens is 286 g/mol. The summed E-state index contributed by atoms with van der Waals surface area (Å²) in [5.41, 5.74) is 3.49. The van der Waals surface area contributed by atoms with E-state index in [1.807, 2.05) is 12.4 Å². The predicted octanol–water partition coefficient (Wildman–Crippen LogP) is 2.58. The second kappa shape index (κ2) is 6.88. The lowest BCUT2D eigenvalue weighted by atomic mass is 9.77. The molecular formula is C19H31N3O. The molecule has 4 rings (SSSR count). The molecule has 0 N–H and O–H groups in total. The van der Waals surface area contributed by atoms with Crippen LogP contribution in [0, 0.1) is 5.41 Å². The summed E-state index contributed by atoms with van der Waals surface area (Å²) in [5, 5.41) is 0. The van der Waals surface area contributed by atoms with Gasteiger partial charge in [-0.2, -0.15) is 0 Å². The number of rotatable bonds is 2. The number of likely N-dealkylation sites (tertiary alicyclic amines) is 1. The van der Waals surface area contributed by atoms with E-state index >= 15 is 0 Å². The molecule has 1 aromatic heterocycles. The average Bonchev–Trinajstić information content (AvgIpc) is 2.44. The minimum atomic E-state index is 0.601. The van der Waals surface area contributed by atoms with Crippen molar-refractivity contribution in [2.45, 2.75) is 52.7 Å². The van der Waals surface area contributed by atoms with Gasteiger partial charge in [-0.25, -0.2) is 0 Å². The first-order valence-corrected chi connectivity index (χ1v) is 8.97. The summed E-state index contributed by atoms with van der Waals surface area (Å²) in [7, 11) is 0. The molecule has 2 saturated heterocycles. The van der Waals surface area contributed by atoms with Crippen LogP contribution in [-0.4, -0.2) is 59.7 Å². The summed E-state index contributed by atoms with van der Waals surface area (Å²) in [4.78, 5) is 9.16. The SMILES string of the molecule is CC(C)N1CC2(COC2)C1.CC(C)N1CCc2ccncc2C1. The number of hydrogen-bond acceptors (Lipinski definition) is 4. The molecule has 2 fully saturated rings. The van der Waals surface area contributed by atoms with Gasteiger partial charge in [-0.1, -0.05) is 0 Å². The van der Waals surface area contributed by atoms with Crippen LogP contribution < -0.4 is 0 Å². The Bertz CT molecular complexity index is 517. The second-order valence-corrected chi connectivity index (χ2v) is 7.95. The Balaban J connectivity index is 0.000000140. The predicted molar refractivity (Wildman–Crippen MR) is 93.4 cm³/mol. The summed E-state index contributed by atoms with van der Waals surface area (Å²) in [6.45, 7) is 15.8. The van der Waals surface area contributed by atoms with E-state index in [1.165, 1.54) is 37.2 Å². The van der Waals surface area contributed by atoms with Crippen molar-refractivity contribution in [2.75, 3.05) is 32.8 Å². The Morgan fingerprint density at radius 2 is 1.74 bits per heavy atom. The minimum absolute atomic E-state index is 0.601. The van der Waals surface area contributed by atoms with Crippen LogP contribution in [0.1, 0.15) is 38.8 Å². The van der Waals surface area contributed by atoms with Crippen LogP contribution in [0.2, 0.25) is 0 Å². The molecule has 0 bridgehead atoms. The van der Waals surface area contributed by atoms with Gasteiger partial charge in [0.15, 0.2) is 0 Å². The topological polar surface area (TPSA) is 28.6 Å². The maximum Gasteiger partial charge on any atom is 0.0569 e. The van der Waals surface area contributed by atoms with Gasteiger partial charge >= 0.3 is 0 Å². The van der Waals surface area contributed by atoms with E-state index in [4.69, 9.17) is 4.74 Å². The molecule has 23 heavy (non-hydrogen) atoms. The van der Waals surface area contributed by atoms with Crippen molar-refractivity contribution in [1.29, 1.82) is 0 Å². The number of hydrogen-bond donors (Lipinski definition) is 0. The molecule has 3 aliphatic heterocycles. The first kappa shape index (κ1) is 16.9. The number of pyridine rings is 1. The first-order chi connectivity index (χ1) is 11.0. The first-order valence-electron chi connectivity index (χ1n) is 8.97. The van der Waals surface area contributed by atoms with Crippen molar-refractivity contribution >= 4 is 0 Å². The molecule has 0 unspecified atom stereocenters. The Morgan fingerprint density at radius 3 is 2.30 bits per heavy atom. The molecule has 128 valence electrons. The highest BCUT2D eigenvalue weighted by Crippen LogP contribution is 2.38. The zero-order valence-electron chi connectivity index (χ0n) is 15.1. The Kier molecular flexibility index (Phi) is 5.04. The van der Waals surface area contributed by atoms with E-state index in [2.05, 4.69) is 48.5 Å². The van der Waals surface area contributed by atoms with Crippen molar-refractivity contribution in [3.63, 3.8) is 0 Å². The van der Waals surface area contributed by atoms with Crippen LogP contribution in [0.5, 0.6) is 0 Å². The van der Waals surface area contributed by atoms with Gasteiger partial charge in [0.1, 0.15) is 0 Å². The monoisotopic (exact) mass is 317 g/mol. The van der Waals surface area contributed by atoms with E-state index in [1.54, 1.807) is 0 Å². The lowest BCUT2D eigenvalue weighted by Crippen LogP contribution is -2.67. The van der Waals surface area contributed by atoms with Gasteiger partial charge in [-0.05, 0) is 51.3 Å².